The Hall–Kier alpha value is -1.77. The predicted octanol–water partition coefficient (Wildman–Crippen LogP) is 4.51. The third kappa shape index (κ3) is 15.1. The van der Waals surface area contributed by atoms with Gasteiger partial charge in [-0.1, -0.05) is 39.3 Å². The van der Waals surface area contributed by atoms with Gasteiger partial charge >= 0.3 is 23.9 Å². The fourth-order valence-electron chi connectivity index (χ4n) is 2.41. The van der Waals surface area contributed by atoms with E-state index < -0.39 is 56.7 Å². The molecule has 32 heavy (non-hydrogen) atoms. The molecule has 8 nitrogen and oxygen atoms in total. The van der Waals surface area contributed by atoms with Crippen molar-refractivity contribution in [1.82, 2.24) is 0 Å². The SMILES string of the molecule is C[Si](C)(C)/C(C(=O)O)=C(\C(=O)O)[Si](C)(C)C.C[Si](C)(C)OC(=O)/C=C/C(=O)O[Si](C)(C)C. The van der Waals surface area contributed by atoms with Crippen LogP contribution in [0.3, 0.4) is 0 Å². The molecule has 0 aliphatic carbocycles. The second-order valence-corrected chi connectivity index (χ2v) is 30.1. The van der Waals surface area contributed by atoms with E-state index in [2.05, 4.69) is 0 Å². The highest BCUT2D eigenvalue weighted by molar-refractivity contribution is 6.94. The van der Waals surface area contributed by atoms with Crippen molar-refractivity contribution in [3.8, 4) is 0 Å². The van der Waals surface area contributed by atoms with Crippen LogP contribution in [0.25, 0.3) is 0 Å². The molecule has 0 bridgehead atoms. The number of carbonyl (C=O) groups excluding carboxylic acids is 2. The van der Waals surface area contributed by atoms with E-state index >= 15 is 0 Å². The number of aliphatic carboxylic acids is 2. The van der Waals surface area contributed by atoms with Gasteiger partial charge in [0.2, 0.25) is 16.6 Å². The summed E-state index contributed by atoms with van der Waals surface area (Å²) in [6.07, 6.45) is 2.25. The molecule has 12 heteroatoms. The first-order valence-electron chi connectivity index (χ1n) is 10.2. The molecule has 0 aliphatic heterocycles. The number of carboxylic acids is 2. The lowest BCUT2D eigenvalue weighted by molar-refractivity contribution is -0.135. The lowest BCUT2D eigenvalue weighted by Crippen LogP contribution is -2.40. The molecule has 0 aromatic heterocycles. The highest BCUT2D eigenvalue weighted by atomic mass is 28.4. The zero-order valence-electron chi connectivity index (χ0n) is 21.5. The summed E-state index contributed by atoms with van der Waals surface area (Å²) in [4.78, 5) is 45.1. The van der Waals surface area contributed by atoms with Gasteiger partial charge in [0.05, 0.1) is 16.1 Å². The summed E-state index contributed by atoms with van der Waals surface area (Å²) in [5.41, 5.74) is 0. The lowest BCUT2D eigenvalue weighted by atomic mass is 10.5. The summed E-state index contributed by atoms with van der Waals surface area (Å²) < 4.78 is 10.3. The predicted molar refractivity (Wildman–Crippen MR) is 137 cm³/mol. The molecule has 0 unspecified atom stereocenters. The van der Waals surface area contributed by atoms with E-state index in [1.807, 2.05) is 78.6 Å². The second kappa shape index (κ2) is 11.9. The molecular weight excluding hydrogens is 481 g/mol. The van der Waals surface area contributed by atoms with Crippen molar-refractivity contribution in [2.75, 3.05) is 0 Å². The van der Waals surface area contributed by atoms with E-state index in [4.69, 9.17) is 8.85 Å². The molecule has 0 aliphatic rings. The zero-order valence-corrected chi connectivity index (χ0v) is 25.5. The van der Waals surface area contributed by atoms with Crippen LogP contribution in [-0.4, -0.2) is 66.9 Å². The van der Waals surface area contributed by atoms with Gasteiger partial charge < -0.3 is 19.1 Å². The molecule has 0 aromatic carbocycles. The summed E-state index contributed by atoms with van der Waals surface area (Å²) in [6.45, 7) is 22.6. The maximum atomic E-state index is 11.3. The van der Waals surface area contributed by atoms with Gasteiger partial charge in [-0.2, -0.15) is 0 Å². The molecule has 0 saturated heterocycles. The first kappa shape index (κ1) is 32.4. The third-order valence-electron chi connectivity index (χ3n) is 3.35. The third-order valence-corrected chi connectivity index (χ3v) is 9.15. The Morgan fingerprint density at radius 3 is 0.875 bits per heavy atom. The van der Waals surface area contributed by atoms with Crippen LogP contribution in [-0.2, 0) is 28.0 Å². The number of carboxylic acid groups (broad SMARTS) is 2. The molecule has 2 N–H and O–H groups in total. The maximum Gasteiger partial charge on any atom is 0.327 e. The van der Waals surface area contributed by atoms with Gasteiger partial charge in [0.15, 0.2) is 0 Å². The van der Waals surface area contributed by atoms with Crippen LogP contribution in [0, 0.1) is 0 Å². The summed E-state index contributed by atoms with van der Waals surface area (Å²) in [6, 6.07) is 0. The van der Waals surface area contributed by atoms with Gasteiger partial charge in [0, 0.05) is 22.5 Å². The minimum absolute atomic E-state index is 0.166. The van der Waals surface area contributed by atoms with E-state index in [1.165, 1.54) is 0 Å². The van der Waals surface area contributed by atoms with Crippen molar-refractivity contribution in [2.45, 2.75) is 78.6 Å². The monoisotopic (exact) mass is 520 g/mol. The van der Waals surface area contributed by atoms with Crippen LogP contribution in [0.4, 0.5) is 0 Å². The number of hydrogen-bond donors (Lipinski definition) is 2. The first-order valence-corrected chi connectivity index (χ1v) is 24.1. The summed E-state index contributed by atoms with van der Waals surface area (Å²) in [7, 11) is -8.07. The minimum Gasteiger partial charge on any atom is -0.517 e. The van der Waals surface area contributed by atoms with Gasteiger partial charge in [-0.25, -0.2) is 19.2 Å². The smallest absolute Gasteiger partial charge is 0.327 e. The van der Waals surface area contributed by atoms with E-state index in [9.17, 15) is 29.4 Å². The molecule has 0 atom stereocenters. The normalized spacial score (nSPS) is 13.5. The van der Waals surface area contributed by atoms with E-state index in [1.54, 1.807) is 0 Å². The van der Waals surface area contributed by atoms with Gasteiger partial charge in [0.25, 0.3) is 0 Å². The van der Waals surface area contributed by atoms with Crippen LogP contribution in [0.5, 0.6) is 0 Å². The van der Waals surface area contributed by atoms with Crippen LogP contribution < -0.4 is 0 Å². The lowest BCUT2D eigenvalue weighted by Gasteiger charge is -2.26. The Morgan fingerprint density at radius 1 is 0.531 bits per heavy atom. The molecule has 0 heterocycles. The van der Waals surface area contributed by atoms with E-state index in [-0.39, 0.29) is 10.4 Å². The largest absolute Gasteiger partial charge is 0.517 e. The van der Waals surface area contributed by atoms with Gasteiger partial charge in [-0.15, -0.1) is 0 Å². The second-order valence-electron chi connectivity index (χ2n) is 11.3. The Balaban J connectivity index is 0. The minimum atomic E-state index is -2.15. The Morgan fingerprint density at radius 2 is 0.750 bits per heavy atom. The number of hydrogen-bond acceptors (Lipinski definition) is 6. The van der Waals surface area contributed by atoms with Crippen LogP contribution >= 0.6 is 0 Å². The highest BCUT2D eigenvalue weighted by Crippen LogP contribution is 2.26. The Kier molecular flexibility index (Phi) is 12.1. The van der Waals surface area contributed by atoms with Crippen molar-refractivity contribution >= 4 is 56.7 Å². The van der Waals surface area contributed by atoms with Crippen LogP contribution in [0.2, 0.25) is 78.6 Å². The molecule has 0 radical (unpaired) electrons. The summed E-state index contributed by atoms with van der Waals surface area (Å²) in [5, 5.41) is 18.8. The first-order chi connectivity index (χ1) is 13.9. The van der Waals surface area contributed by atoms with Gasteiger partial charge in [-0.05, 0) is 39.3 Å². The maximum absolute atomic E-state index is 11.3. The van der Waals surface area contributed by atoms with Crippen molar-refractivity contribution in [3.05, 3.63) is 22.5 Å². The molecular formula is C20H40O8Si4. The molecule has 184 valence electrons. The number of rotatable bonds is 8. The molecule has 0 spiro atoms. The molecule has 0 rings (SSSR count). The van der Waals surface area contributed by atoms with Gasteiger partial charge in [0.1, 0.15) is 0 Å². The molecule has 0 saturated carbocycles. The Labute approximate surface area is 196 Å². The summed E-state index contributed by atoms with van der Waals surface area (Å²) >= 11 is 0. The van der Waals surface area contributed by atoms with Crippen molar-refractivity contribution in [1.29, 1.82) is 0 Å². The van der Waals surface area contributed by atoms with Crippen LogP contribution in [0.15, 0.2) is 22.5 Å². The standard InChI is InChI=1S/2C10H20O4Si2/c1-15(2,3)13-9(11)7-8-10(12)14-16(4,5)6;1-15(2,3)7(9(11)12)8(10(13)14)16(4,5)6/h7-8H,1-6H3;1-6H3,(H,11,12)(H,13,14)/b2*8-7+. The Bertz CT molecular complexity index is 709. The average molecular weight is 521 g/mol. The van der Waals surface area contributed by atoms with Gasteiger partial charge in [-0.3, -0.25) is 0 Å². The molecule has 0 fully saturated rings. The van der Waals surface area contributed by atoms with E-state index in [0.717, 1.165) is 12.2 Å². The zero-order chi connectivity index (χ0) is 26.3. The van der Waals surface area contributed by atoms with E-state index in [0.29, 0.717) is 0 Å². The fraction of sp³-hybridized carbons (Fsp3) is 0.600. The summed E-state index contributed by atoms with van der Waals surface area (Å²) in [5.74, 6) is -3.10. The van der Waals surface area contributed by atoms with Crippen molar-refractivity contribution in [3.63, 3.8) is 0 Å². The van der Waals surface area contributed by atoms with Crippen molar-refractivity contribution < 1.29 is 38.2 Å². The molecule has 0 amide bonds. The quantitative estimate of drug-likeness (QED) is 0.353. The highest BCUT2D eigenvalue weighted by Gasteiger charge is 2.37. The fourth-order valence-corrected chi connectivity index (χ4v) is 9.00. The average Bonchev–Trinajstić information content (AvgIpc) is 2.44. The number of carbonyl (C=O) groups is 4. The van der Waals surface area contributed by atoms with Crippen molar-refractivity contribution in [2.24, 2.45) is 0 Å². The molecule has 0 aromatic rings. The topological polar surface area (TPSA) is 127 Å². The van der Waals surface area contributed by atoms with Crippen LogP contribution in [0.1, 0.15) is 0 Å².